The third-order valence-corrected chi connectivity index (χ3v) is 2.37. The molecule has 1 aromatic heterocycles. The van der Waals surface area contributed by atoms with E-state index in [1.165, 1.54) is 0 Å². The number of nitrogens with two attached hydrogens (primary N) is 1. The number of oxime groups is 1. The summed E-state index contributed by atoms with van der Waals surface area (Å²) in [6.45, 7) is 6.17. The standard InChI is InChI=1S/C11H17N3O2/c1-7(2)8(3)16-9-4-5-10(13-6-9)11(12)14-15/h4-8,15H,1-3H3,(H2,12,14). The summed E-state index contributed by atoms with van der Waals surface area (Å²) in [5.41, 5.74) is 5.81. The number of ether oxygens (including phenoxy) is 1. The average molecular weight is 223 g/mol. The molecule has 1 rings (SSSR count). The third-order valence-electron chi connectivity index (χ3n) is 2.37. The minimum Gasteiger partial charge on any atom is -0.489 e. The topological polar surface area (TPSA) is 80.7 Å². The highest BCUT2D eigenvalue weighted by atomic mass is 16.5. The van der Waals surface area contributed by atoms with Crippen LogP contribution < -0.4 is 10.5 Å². The predicted molar refractivity (Wildman–Crippen MR) is 61.7 cm³/mol. The van der Waals surface area contributed by atoms with Crippen LogP contribution in [0.3, 0.4) is 0 Å². The Balaban J connectivity index is 2.72. The third kappa shape index (κ3) is 3.12. The van der Waals surface area contributed by atoms with Crippen molar-refractivity contribution in [1.29, 1.82) is 0 Å². The van der Waals surface area contributed by atoms with E-state index >= 15 is 0 Å². The molecule has 1 atom stereocenters. The van der Waals surface area contributed by atoms with Crippen molar-refractivity contribution < 1.29 is 9.94 Å². The first-order valence-corrected chi connectivity index (χ1v) is 5.15. The highest BCUT2D eigenvalue weighted by molar-refractivity contribution is 5.95. The zero-order chi connectivity index (χ0) is 12.1. The molecule has 3 N–H and O–H groups in total. The molecule has 0 saturated heterocycles. The smallest absolute Gasteiger partial charge is 0.188 e. The van der Waals surface area contributed by atoms with Crippen molar-refractivity contribution in [2.45, 2.75) is 26.9 Å². The van der Waals surface area contributed by atoms with E-state index in [1.807, 2.05) is 6.92 Å². The van der Waals surface area contributed by atoms with Crippen LogP contribution in [0.5, 0.6) is 5.75 Å². The lowest BCUT2D eigenvalue weighted by Gasteiger charge is -2.17. The molecule has 5 nitrogen and oxygen atoms in total. The van der Waals surface area contributed by atoms with Gasteiger partial charge in [-0.05, 0) is 25.0 Å². The summed E-state index contributed by atoms with van der Waals surface area (Å²) in [6.07, 6.45) is 1.68. The summed E-state index contributed by atoms with van der Waals surface area (Å²) in [5, 5.41) is 11.3. The van der Waals surface area contributed by atoms with Gasteiger partial charge in [-0.25, -0.2) is 4.98 Å². The largest absolute Gasteiger partial charge is 0.489 e. The minimum atomic E-state index is -0.0107. The molecule has 0 radical (unpaired) electrons. The SMILES string of the molecule is CC(C)C(C)Oc1ccc(/C(N)=N/O)nc1. The number of aromatic nitrogens is 1. The van der Waals surface area contributed by atoms with Gasteiger partial charge in [-0.15, -0.1) is 0 Å². The first-order chi connectivity index (χ1) is 7.54. The number of amidine groups is 1. The number of pyridine rings is 1. The molecular weight excluding hydrogens is 206 g/mol. The van der Waals surface area contributed by atoms with Gasteiger partial charge in [0.25, 0.3) is 0 Å². The molecule has 5 heteroatoms. The van der Waals surface area contributed by atoms with E-state index in [1.54, 1.807) is 18.3 Å². The van der Waals surface area contributed by atoms with Gasteiger partial charge >= 0.3 is 0 Å². The molecule has 88 valence electrons. The number of hydrogen-bond donors (Lipinski definition) is 2. The van der Waals surface area contributed by atoms with E-state index < -0.39 is 0 Å². The summed E-state index contributed by atoms with van der Waals surface area (Å²) in [5.74, 6) is 1.10. The Hall–Kier alpha value is -1.78. The lowest BCUT2D eigenvalue weighted by molar-refractivity contribution is 0.170. The van der Waals surface area contributed by atoms with Crippen LogP contribution in [0.25, 0.3) is 0 Å². The summed E-state index contributed by atoms with van der Waals surface area (Å²) in [4.78, 5) is 4.02. The van der Waals surface area contributed by atoms with Gasteiger partial charge in [0.05, 0.1) is 12.3 Å². The van der Waals surface area contributed by atoms with Crippen molar-refractivity contribution in [3.05, 3.63) is 24.0 Å². The van der Waals surface area contributed by atoms with Gasteiger partial charge in [-0.2, -0.15) is 0 Å². The van der Waals surface area contributed by atoms with Crippen molar-refractivity contribution in [3.8, 4) is 5.75 Å². The highest BCUT2D eigenvalue weighted by Gasteiger charge is 2.09. The second-order valence-electron chi connectivity index (χ2n) is 3.93. The maximum Gasteiger partial charge on any atom is 0.188 e. The lowest BCUT2D eigenvalue weighted by Crippen LogP contribution is -2.19. The molecule has 0 spiro atoms. The molecule has 0 aliphatic carbocycles. The molecule has 1 heterocycles. The molecule has 0 fully saturated rings. The second-order valence-corrected chi connectivity index (χ2v) is 3.93. The number of hydrogen-bond acceptors (Lipinski definition) is 4. The van der Waals surface area contributed by atoms with E-state index in [9.17, 15) is 0 Å². The quantitative estimate of drug-likeness (QED) is 0.351. The minimum absolute atomic E-state index is 0.0107. The van der Waals surface area contributed by atoms with E-state index in [0.29, 0.717) is 17.4 Å². The van der Waals surface area contributed by atoms with Gasteiger partial charge in [0.15, 0.2) is 5.84 Å². The van der Waals surface area contributed by atoms with Crippen LogP contribution in [0.2, 0.25) is 0 Å². The molecular formula is C11H17N3O2. The van der Waals surface area contributed by atoms with Crippen LogP contribution in [-0.2, 0) is 0 Å². The number of rotatable bonds is 4. The van der Waals surface area contributed by atoms with Crippen molar-refractivity contribution in [2.75, 3.05) is 0 Å². The summed E-state index contributed by atoms with van der Waals surface area (Å²) in [6, 6.07) is 3.40. The zero-order valence-electron chi connectivity index (χ0n) is 9.71. The Kier molecular flexibility index (Phi) is 4.10. The summed E-state index contributed by atoms with van der Waals surface area (Å²) in [7, 11) is 0. The molecule has 0 bridgehead atoms. The Morgan fingerprint density at radius 1 is 1.44 bits per heavy atom. The van der Waals surface area contributed by atoms with Crippen molar-refractivity contribution in [2.24, 2.45) is 16.8 Å². The predicted octanol–water partition coefficient (Wildman–Crippen LogP) is 1.60. The summed E-state index contributed by atoms with van der Waals surface area (Å²) >= 11 is 0. The normalized spacial score (nSPS) is 13.9. The fourth-order valence-corrected chi connectivity index (χ4v) is 1.00. The monoisotopic (exact) mass is 223 g/mol. The van der Waals surface area contributed by atoms with Crippen molar-refractivity contribution in [1.82, 2.24) is 4.98 Å². The van der Waals surface area contributed by atoms with E-state index in [2.05, 4.69) is 24.0 Å². The molecule has 1 aromatic rings. The van der Waals surface area contributed by atoms with Crippen molar-refractivity contribution >= 4 is 5.84 Å². The van der Waals surface area contributed by atoms with Gasteiger partial charge in [0.2, 0.25) is 0 Å². The van der Waals surface area contributed by atoms with Crippen LogP contribution in [0, 0.1) is 5.92 Å². The first kappa shape index (κ1) is 12.3. The van der Waals surface area contributed by atoms with Gasteiger partial charge in [-0.1, -0.05) is 19.0 Å². The highest BCUT2D eigenvalue weighted by Crippen LogP contribution is 2.14. The van der Waals surface area contributed by atoms with Gasteiger partial charge in [0, 0.05) is 0 Å². The summed E-state index contributed by atoms with van der Waals surface area (Å²) < 4.78 is 5.64. The zero-order valence-corrected chi connectivity index (χ0v) is 9.71. The average Bonchev–Trinajstić information content (AvgIpc) is 2.28. The molecule has 1 unspecified atom stereocenters. The van der Waals surface area contributed by atoms with Gasteiger partial charge in [-0.3, -0.25) is 0 Å². The van der Waals surface area contributed by atoms with Crippen LogP contribution >= 0.6 is 0 Å². The molecule has 16 heavy (non-hydrogen) atoms. The Morgan fingerprint density at radius 2 is 2.12 bits per heavy atom. The van der Waals surface area contributed by atoms with Gasteiger partial charge in [0.1, 0.15) is 11.4 Å². The van der Waals surface area contributed by atoms with Crippen LogP contribution in [0.4, 0.5) is 0 Å². The molecule has 0 aromatic carbocycles. The number of nitrogens with zero attached hydrogens (tertiary/aromatic N) is 2. The van der Waals surface area contributed by atoms with Crippen molar-refractivity contribution in [3.63, 3.8) is 0 Å². The molecule has 0 aliphatic heterocycles. The maximum atomic E-state index is 8.47. The fourth-order valence-electron chi connectivity index (χ4n) is 1.00. The van der Waals surface area contributed by atoms with Crippen LogP contribution in [0.15, 0.2) is 23.5 Å². The Morgan fingerprint density at radius 3 is 2.56 bits per heavy atom. The van der Waals surface area contributed by atoms with E-state index in [0.717, 1.165) is 0 Å². The second kappa shape index (κ2) is 5.34. The first-order valence-electron chi connectivity index (χ1n) is 5.15. The van der Waals surface area contributed by atoms with Crippen LogP contribution in [0.1, 0.15) is 26.5 Å². The van der Waals surface area contributed by atoms with Gasteiger partial charge < -0.3 is 15.7 Å². The van der Waals surface area contributed by atoms with E-state index in [4.69, 9.17) is 15.7 Å². The maximum absolute atomic E-state index is 8.47. The Bertz CT molecular complexity index is 360. The lowest BCUT2D eigenvalue weighted by atomic mass is 10.1. The molecule has 0 amide bonds. The van der Waals surface area contributed by atoms with E-state index in [-0.39, 0.29) is 11.9 Å². The fraction of sp³-hybridized carbons (Fsp3) is 0.455. The molecule has 0 aliphatic rings. The van der Waals surface area contributed by atoms with Crippen LogP contribution in [-0.4, -0.2) is 22.1 Å². The Labute approximate surface area is 94.9 Å². The molecule has 0 saturated carbocycles.